The topological polar surface area (TPSA) is 59.1 Å². The zero-order chi connectivity index (χ0) is 13.8. The molecule has 0 fully saturated rings. The van der Waals surface area contributed by atoms with Gasteiger partial charge in [-0.25, -0.2) is 4.39 Å². The summed E-state index contributed by atoms with van der Waals surface area (Å²) in [5.74, 6) is 0.209. The van der Waals surface area contributed by atoms with Gasteiger partial charge in [0, 0.05) is 11.1 Å². The van der Waals surface area contributed by atoms with Crippen LogP contribution in [0.15, 0.2) is 46.9 Å². The zero-order valence-electron chi connectivity index (χ0n) is 9.99. The number of halogens is 2. The number of amidine groups is 1. The number of nitrogens with two attached hydrogens (primary N) is 1. The predicted octanol–water partition coefficient (Wildman–Crippen LogP) is 3.45. The van der Waals surface area contributed by atoms with E-state index in [2.05, 4.69) is 15.9 Å². The first kappa shape index (κ1) is 13.5. The molecule has 2 rings (SSSR count). The van der Waals surface area contributed by atoms with Crippen LogP contribution in [0.5, 0.6) is 5.75 Å². The number of hydrogen-bond acceptors (Lipinski definition) is 2. The van der Waals surface area contributed by atoms with Gasteiger partial charge in [0.2, 0.25) is 0 Å². The number of benzene rings is 2. The summed E-state index contributed by atoms with van der Waals surface area (Å²) >= 11 is 3.24. The lowest BCUT2D eigenvalue weighted by Gasteiger charge is -2.11. The van der Waals surface area contributed by atoms with Gasteiger partial charge in [-0.3, -0.25) is 5.41 Å². The van der Waals surface area contributed by atoms with Gasteiger partial charge in [0.15, 0.2) is 0 Å². The van der Waals surface area contributed by atoms with E-state index in [1.807, 2.05) is 18.2 Å². The molecule has 19 heavy (non-hydrogen) atoms. The van der Waals surface area contributed by atoms with Crippen LogP contribution in [0, 0.1) is 11.2 Å². The molecule has 0 bridgehead atoms. The van der Waals surface area contributed by atoms with Crippen molar-refractivity contribution in [1.82, 2.24) is 0 Å². The number of hydrogen-bond donors (Lipinski definition) is 2. The SMILES string of the molecule is N=C(N)c1ccccc1COc1ccc(F)cc1Br. The first-order chi connectivity index (χ1) is 9.08. The maximum Gasteiger partial charge on any atom is 0.134 e. The fraction of sp³-hybridized carbons (Fsp3) is 0.0714. The van der Waals surface area contributed by atoms with Gasteiger partial charge < -0.3 is 10.5 Å². The molecule has 5 heteroatoms. The Hall–Kier alpha value is -1.88. The highest BCUT2D eigenvalue weighted by molar-refractivity contribution is 9.10. The predicted molar refractivity (Wildman–Crippen MR) is 75.9 cm³/mol. The standard InChI is InChI=1S/C14H12BrFN2O/c15-12-7-10(16)5-6-13(12)19-8-9-3-1-2-4-11(9)14(17)18/h1-7H,8H2,(H3,17,18). The van der Waals surface area contributed by atoms with Crippen molar-refractivity contribution in [1.29, 1.82) is 5.41 Å². The lowest BCUT2D eigenvalue weighted by molar-refractivity contribution is 0.303. The van der Waals surface area contributed by atoms with E-state index in [1.165, 1.54) is 12.1 Å². The highest BCUT2D eigenvalue weighted by Crippen LogP contribution is 2.26. The maximum atomic E-state index is 13.0. The van der Waals surface area contributed by atoms with E-state index >= 15 is 0 Å². The Morgan fingerprint density at radius 3 is 2.68 bits per heavy atom. The van der Waals surface area contributed by atoms with Crippen LogP contribution < -0.4 is 10.5 Å². The summed E-state index contributed by atoms with van der Waals surface area (Å²) in [5, 5.41) is 7.49. The van der Waals surface area contributed by atoms with Crippen LogP contribution >= 0.6 is 15.9 Å². The van der Waals surface area contributed by atoms with Crippen molar-refractivity contribution in [2.24, 2.45) is 5.73 Å². The van der Waals surface area contributed by atoms with Crippen LogP contribution in [0.2, 0.25) is 0 Å². The Morgan fingerprint density at radius 1 is 1.26 bits per heavy atom. The molecular formula is C14H12BrFN2O. The fourth-order valence-electron chi connectivity index (χ4n) is 1.66. The van der Waals surface area contributed by atoms with Crippen LogP contribution in [0.3, 0.4) is 0 Å². The molecule has 2 aromatic carbocycles. The van der Waals surface area contributed by atoms with Gasteiger partial charge in [0.1, 0.15) is 24.0 Å². The molecule has 0 aromatic heterocycles. The third kappa shape index (κ3) is 3.32. The Labute approximate surface area is 118 Å². The number of nitrogens with one attached hydrogen (secondary N) is 1. The van der Waals surface area contributed by atoms with E-state index in [-0.39, 0.29) is 18.3 Å². The quantitative estimate of drug-likeness (QED) is 0.669. The van der Waals surface area contributed by atoms with Crippen LogP contribution in [-0.4, -0.2) is 5.84 Å². The Kier molecular flexibility index (Phi) is 4.16. The minimum atomic E-state index is -0.330. The average molecular weight is 323 g/mol. The highest BCUT2D eigenvalue weighted by atomic mass is 79.9. The van der Waals surface area contributed by atoms with Crippen molar-refractivity contribution in [3.8, 4) is 5.75 Å². The largest absolute Gasteiger partial charge is 0.488 e. The Balaban J connectivity index is 2.17. The summed E-state index contributed by atoms with van der Waals surface area (Å²) in [5.41, 5.74) is 6.95. The van der Waals surface area contributed by atoms with Gasteiger partial charge in [-0.2, -0.15) is 0 Å². The van der Waals surface area contributed by atoms with Crippen LogP contribution in [0.1, 0.15) is 11.1 Å². The van der Waals surface area contributed by atoms with Crippen molar-refractivity contribution in [3.63, 3.8) is 0 Å². The minimum Gasteiger partial charge on any atom is -0.488 e. The van der Waals surface area contributed by atoms with E-state index in [4.69, 9.17) is 15.9 Å². The van der Waals surface area contributed by atoms with Crippen molar-refractivity contribution in [3.05, 3.63) is 63.9 Å². The number of rotatable bonds is 4. The molecule has 0 radical (unpaired) electrons. The summed E-state index contributed by atoms with van der Waals surface area (Å²) in [4.78, 5) is 0. The van der Waals surface area contributed by atoms with Crippen molar-refractivity contribution in [2.75, 3.05) is 0 Å². The summed E-state index contributed by atoms with van der Waals surface area (Å²) in [6.07, 6.45) is 0. The monoisotopic (exact) mass is 322 g/mol. The van der Waals surface area contributed by atoms with Gasteiger partial charge in [-0.15, -0.1) is 0 Å². The second-order valence-corrected chi connectivity index (χ2v) is 4.79. The molecule has 0 aliphatic heterocycles. The van der Waals surface area contributed by atoms with Gasteiger partial charge >= 0.3 is 0 Å². The normalized spacial score (nSPS) is 10.2. The molecule has 98 valence electrons. The van der Waals surface area contributed by atoms with E-state index in [1.54, 1.807) is 12.1 Å². The molecule has 0 saturated carbocycles. The summed E-state index contributed by atoms with van der Waals surface area (Å²) in [7, 11) is 0. The number of nitrogen functional groups attached to an aromatic ring is 1. The second-order valence-electron chi connectivity index (χ2n) is 3.93. The van der Waals surface area contributed by atoms with E-state index < -0.39 is 0 Å². The molecule has 0 heterocycles. The highest BCUT2D eigenvalue weighted by Gasteiger charge is 2.07. The van der Waals surface area contributed by atoms with Gasteiger partial charge in [-0.05, 0) is 34.1 Å². The first-order valence-electron chi connectivity index (χ1n) is 5.58. The third-order valence-electron chi connectivity index (χ3n) is 2.58. The molecule has 0 amide bonds. The molecule has 0 aliphatic carbocycles. The molecule has 0 aliphatic rings. The van der Waals surface area contributed by atoms with Gasteiger partial charge in [0.05, 0.1) is 4.47 Å². The van der Waals surface area contributed by atoms with Crippen molar-refractivity contribution < 1.29 is 9.13 Å². The van der Waals surface area contributed by atoms with Crippen molar-refractivity contribution in [2.45, 2.75) is 6.61 Å². The molecule has 3 N–H and O–H groups in total. The van der Waals surface area contributed by atoms with Crippen LogP contribution in [-0.2, 0) is 6.61 Å². The minimum absolute atomic E-state index is 0.00243. The molecule has 0 unspecified atom stereocenters. The fourth-order valence-corrected chi connectivity index (χ4v) is 2.12. The molecular weight excluding hydrogens is 311 g/mol. The number of ether oxygens (including phenoxy) is 1. The van der Waals surface area contributed by atoms with Crippen LogP contribution in [0.4, 0.5) is 4.39 Å². The molecule has 2 aromatic rings. The van der Waals surface area contributed by atoms with E-state index in [0.717, 1.165) is 5.56 Å². The average Bonchev–Trinajstić information content (AvgIpc) is 2.38. The first-order valence-corrected chi connectivity index (χ1v) is 6.37. The van der Waals surface area contributed by atoms with Crippen molar-refractivity contribution >= 4 is 21.8 Å². The smallest absolute Gasteiger partial charge is 0.134 e. The third-order valence-corrected chi connectivity index (χ3v) is 3.20. The Morgan fingerprint density at radius 2 is 2.00 bits per heavy atom. The molecule has 0 spiro atoms. The maximum absolute atomic E-state index is 13.0. The zero-order valence-corrected chi connectivity index (χ0v) is 11.6. The Bertz CT molecular complexity index is 616. The van der Waals surface area contributed by atoms with E-state index in [9.17, 15) is 4.39 Å². The van der Waals surface area contributed by atoms with Gasteiger partial charge in [-0.1, -0.05) is 24.3 Å². The van der Waals surface area contributed by atoms with Gasteiger partial charge in [0.25, 0.3) is 0 Å². The lowest BCUT2D eigenvalue weighted by Crippen LogP contribution is -2.14. The summed E-state index contributed by atoms with van der Waals surface area (Å²) < 4.78 is 19.1. The summed E-state index contributed by atoms with van der Waals surface area (Å²) in [6, 6.07) is 11.5. The lowest BCUT2D eigenvalue weighted by atomic mass is 10.1. The summed E-state index contributed by atoms with van der Waals surface area (Å²) in [6.45, 7) is 0.264. The van der Waals surface area contributed by atoms with E-state index in [0.29, 0.717) is 15.8 Å². The molecule has 0 atom stereocenters. The van der Waals surface area contributed by atoms with Crippen LogP contribution in [0.25, 0.3) is 0 Å². The second kappa shape index (κ2) is 5.84. The molecule has 3 nitrogen and oxygen atoms in total. The molecule has 0 saturated heterocycles.